The van der Waals surface area contributed by atoms with Crippen molar-refractivity contribution in [3.8, 4) is 0 Å². The number of imide groups is 1. The molecule has 0 spiro atoms. The fourth-order valence-electron chi connectivity index (χ4n) is 3.00. The van der Waals surface area contributed by atoms with Crippen LogP contribution < -0.4 is 10.2 Å². The molecule has 7 heteroatoms. The van der Waals surface area contributed by atoms with E-state index in [0.29, 0.717) is 12.2 Å². The molecule has 3 rings (SSSR count). The van der Waals surface area contributed by atoms with Gasteiger partial charge in [0.2, 0.25) is 0 Å². The van der Waals surface area contributed by atoms with E-state index in [1.165, 1.54) is 25.1 Å². The Morgan fingerprint density at radius 1 is 1.07 bits per heavy atom. The Morgan fingerprint density at radius 3 is 2.43 bits per heavy atom. The van der Waals surface area contributed by atoms with E-state index in [1.54, 1.807) is 19.1 Å². The summed E-state index contributed by atoms with van der Waals surface area (Å²) in [6.07, 6.45) is -0.971. The lowest BCUT2D eigenvalue weighted by Gasteiger charge is -2.16. The van der Waals surface area contributed by atoms with Gasteiger partial charge in [-0.2, -0.15) is 0 Å². The van der Waals surface area contributed by atoms with E-state index in [0.717, 1.165) is 10.5 Å². The number of para-hydroxylation sites is 1. The topological polar surface area (TPSA) is 92.8 Å². The first-order chi connectivity index (χ1) is 13.3. The Bertz CT molecular complexity index is 983. The van der Waals surface area contributed by atoms with Crippen LogP contribution in [0.5, 0.6) is 0 Å². The maximum absolute atomic E-state index is 12.8. The van der Waals surface area contributed by atoms with Gasteiger partial charge in [0.1, 0.15) is 0 Å². The van der Waals surface area contributed by atoms with Crippen molar-refractivity contribution in [3.05, 3.63) is 64.7 Å². The summed E-state index contributed by atoms with van der Waals surface area (Å²) in [4.78, 5) is 50.7. The Kier molecular flexibility index (Phi) is 5.26. The number of ether oxygens (including phenoxy) is 1. The molecule has 2 aromatic carbocycles. The zero-order chi connectivity index (χ0) is 20.4. The molecule has 144 valence electrons. The van der Waals surface area contributed by atoms with E-state index in [-0.39, 0.29) is 16.7 Å². The van der Waals surface area contributed by atoms with Crippen molar-refractivity contribution in [2.45, 2.75) is 26.9 Å². The molecule has 0 saturated carbocycles. The van der Waals surface area contributed by atoms with Crippen LogP contribution in [-0.2, 0) is 9.53 Å². The van der Waals surface area contributed by atoms with E-state index in [4.69, 9.17) is 4.74 Å². The number of anilines is 1. The molecule has 1 aliphatic rings. The van der Waals surface area contributed by atoms with E-state index in [1.807, 2.05) is 19.1 Å². The standard InChI is InChI=1S/C21H20N2O5/c1-4-22-18(24)13(3)28-21(27)14-9-10-15-16(11-14)20(26)23(19(15)25)17-8-6-5-7-12(17)2/h5-11,13H,4H2,1-3H3,(H,22,24)/t13-/m0/s1. The van der Waals surface area contributed by atoms with Crippen LogP contribution in [0.2, 0.25) is 0 Å². The molecule has 0 unspecified atom stereocenters. The van der Waals surface area contributed by atoms with Crippen LogP contribution in [0.15, 0.2) is 42.5 Å². The van der Waals surface area contributed by atoms with Crippen molar-refractivity contribution in [3.63, 3.8) is 0 Å². The Balaban J connectivity index is 1.87. The average molecular weight is 380 g/mol. The van der Waals surface area contributed by atoms with Gasteiger partial charge in [-0.05, 0) is 50.6 Å². The number of nitrogens with zero attached hydrogens (tertiary/aromatic N) is 1. The van der Waals surface area contributed by atoms with E-state index in [9.17, 15) is 19.2 Å². The van der Waals surface area contributed by atoms with Crippen LogP contribution in [0.25, 0.3) is 0 Å². The van der Waals surface area contributed by atoms with Gasteiger partial charge in [-0.3, -0.25) is 14.4 Å². The third-order valence-electron chi connectivity index (χ3n) is 4.48. The quantitative estimate of drug-likeness (QED) is 0.635. The average Bonchev–Trinajstić information content (AvgIpc) is 2.92. The van der Waals surface area contributed by atoms with Crippen LogP contribution in [0.1, 0.15) is 50.5 Å². The lowest BCUT2D eigenvalue weighted by atomic mass is 10.1. The molecule has 3 amide bonds. The highest BCUT2D eigenvalue weighted by atomic mass is 16.5. The molecular formula is C21H20N2O5. The largest absolute Gasteiger partial charge is 0.449 e. The number of carbonyl (C=O) groups excluding carboxylic acids is 4. The maximum Gasteiger partial charge on any atom is 0.338 e. The fourth-order valence-corrected chi connectivity index (χ4v) is 3.00. The van der Waals surface area contributed by atoms with Crippen LogP contribution in [0.3, 0.4) is 0 Å². The SMILES string of the molecule is CCNC(=O)[C@H](C)OC(=O)c1ccc2c(c1)C(=O)N(c1ccccc1C)C2=O. The monoisotopic (exact) mass is 380 g/mol. The number of likely N-dealkylation sites (N-methyl/N-ethyl adjacent to an activating group) is 1. The molecule has 1 N–H and O–H groups in total. The summed E-state index contributed by atoms with van der Waals surface area (Å²) in [6.45, 7) is 5.45. The van der Waals surface area contributed by atoms with E-state index in [2.05, 4.69) is 5.32 Å². The Morgan fingerprint density at radius 2 is 1.75 bits per heavy atom. The second-order valence-electron chi connectivity index (χ2n) is 6.43. The second kappa shape index (κ2) is 7.64. The maximum atomic E-state index is 12.8. The molecule has 0 aromatic heterocycles. The first-order valence-corrected chi connectivity index (χ1v) is 8.92. The van der Waals surface area contributed by atoms with Gasteiger partial charge in [-0.15, -0.1) is 0 Å². The molecule has 28 heavy (non-hydrogen) atoms. The molecule has 7 nitrogen and oxygen atoms in total. The Hall–Kier alpha value is -3.48. The van der Waals surface area contributed by atoms with Crippen LogP contribution >= 0.6 is 0 Å². The summed E-state index contributed by atoms with van der Waals surface area (Å²) in [5.74, 6) is -2.09. The molecule has 1 heterocycles. The molecule has 2 aromatic rings. The first kappa shape index (κ1) is 19.3. The van der Waals surface area contributed by atoms with Gasteiger partial charge in [-0.25, -0.2) is 9.69 Å². The number of fused-ring (bicyclic) bond motifs is 1. The number of amides is 3. The molecule has 0 saturated heterocycles. The molecular weight excluding hydrogens is 360 g/mol. The van der Waals surface area contributed by atoms with Gasteiger partial charge in [0, 0.05) is 6.54 Å². The van der Waals surface area contributed by atoms with Crippen molar-refractivity contribution < 1.29 is 23.9 Å². The van der Waals surface area contributed by atoms with Gasteiger partial charge in [0.15, 0.2) is 6.10 Å². The summed E-state index contributed by atoms with van der Waals surface area (Å²) in [7, 11) is 0. The number of aryl methyl sites for hydroxylation is 1. The minimum Gasteiger partial charge on any atom is -0.449 e. The minimum absolute atomic E-state index is 0.0997. The number of esters is 1. The molecule has 0 aliphatic carbocycles. The first-order valence-electron chi connectivity index (χ1n) is 8.92. The van der Waals surface area contributed by atoms with Crippen molar-refractivity contribution in [1.29, 1.82) is 0 Å². The van der Waals surface area contributed by atoms with Crippen LogP contribution in [0, 0.1) is 6.92 Å². The number of rotatable bonds is 5. The summed E-state index contributed by atoms with van der Waals surface area (Å²) in [6, 6.07) is 11.3. The number of hydrogen-bond donors (Lipinski definition) is 1. The van der Waals surface area contributed by atoms with Crippen molar-refractivity contribution >= 4 is 29.4 Å². The number of nitrogens with one attached hydrogen (secondary N) is 1. The Labute approximate surface area is 162 Å². The highest BCUT2D eigenvalue weighted by molar-refractivity contribution is 6.34. The predicted molar refractivity (Wildman–Crippen MR) is 102 cm³/mol. The van der Waals surface area contributed by atoms with Crippen LogP contribution in [0.4, 0.5) is 5.69 Å². The van der Waals surface area contributed by atoms with Gasteiger partial charge in [0.25, 0.3) is 17.7 Å². The smallest absolute Gasteiger partial charge is 0.338 e. The predicted octanol–water partition coefficient (Wildman–Crippen LogP) is 2.48. The molecule has 0 radical (unpaired) electrons. The number of hydrogen-bond acceptors (Lipinski definition) is 5. The molecule has 0 bridgehead atoms. The normalized spacial score (nSPS) is 13.9. The van der Waals surface area contributed by atoms with Crippen molar-refractivity contribution in [1.82, 2.24) is 5.32 Å². The summed E-state index contributed by atoms with van der Waals surface area (Å²) >= 11 is 0. The van der Waals surface area contributed by atoms with E-state index < -0.39 is 29.8 Å². The highest BCUT2D eigenvalue weighted by Gasteiger charge is 2.38. The number of benzene rings is 2. The van der Waals surface area contributed by atoms with Crippen LogP contribution in [-0.4, -0.2) is 36.3 Å². The summed E-state index contributed by atoms with van der Waals surface area (Å²) in [5.41, 5.74) is 1.74. The van der Waals surface area contributed by atoms with Gasteiger partial charge in [-0.1, -0.05) is 18.2 Å². The zero-order valence-electron chi connectivity index (χ0n) is 15.8. The summed E-state index contributed by atoms with van der Waals surface area (Å²) < 4.78 is 5.14. The zero-order valence-corrected chi connectivity index (χ0v) is 15.8. The molecule has 1 aliphatic heterocycles. The summed E-state index contributed by atoms with van der Waals surface area (Å²) in [5, 5.41) is 2.56. The second-order valence-corrected chi connectivity index (χ2v) is 6.43. The van der Waals surface area contributed by atoms with Crippen molar-refractivity contribution in [2.24, 2.45) is 0 Å². The van der Waals surface area contributed by atoms with Crippen molar-refractivity contribution in [2.75, 3.05) is 11.4 Å². The minimum atomic E-state index is -0.971. The fraction of sp³-hybridized carbons (Fsp3) is 0.238. The third-order valence-corrected chi connectivity index (χ3v) is 4.48. The lowest BCUT2D eigenvalue weighted by molar-refractivity contribution is -0.128. The molecule has 0 fully saturated rings. The van der Waals surface area contributed by atoms with Gasteiger partial charge >= 0.3 is 5.97 Å². The third kappa shape index (κ3) is 3.38. The van der Waals surface area contributed by atoms with Gasteiger partial charge < -0.3 is 10.1 Å². The number of carbonyl (C=O) groups is 4. The van der Waals surface area contributed by atoms with E-state index >= 15 is 0 Å². The molecule has 1 atom stereocenters. The lowest BCUT2D eigenvalue weighted by Crippen LogP contribution is -2.35. The van der Waals surface area contributed by atoms with Gasteiger partial charge in [0.05, 0.1) is 22.4 Å². The highest BCUT2D eigenvalue weighted by Crippen LogP contribution is 2.31.